The van der Waals surface area contributed by atoms with Gasteiger partial charge in [-0.25, -0.2) is 14.4 Å². The number of halogens is 1. The van der Waals surface area contributed by atoms with E-state index in [1.807, 2.05) is 25.1 Å². The Labute approximate surface area is 169 Å². The van der Waals surface area contributed by atoms with E-state index in [0.29, 0.717) is 24.3 Å². The fourth-order valence-electron chi connectivity index (χ4n) is 2.88. The lowest BCUT2D eigenvalue weighted by Gasteiger charge is -1.99. The lowest BCUT2D eigenvalue weighted by molar-refractivity contribution is 0.285. The smallest absolute Gasteiger partial charge is 0.185 e. The monoisotopic (exact) mass is 412 g/mol. The van der Waals surface area contributed by atoms with Crippen LogP contribution < -0.4 is 0 Å². The van der Waals surface area contributed by atoms with E-state index in [1.165, 1.54) is 35.1 Å². The summed E-state index contributed by atoms with van der Waals surface area (Å²) >= 11 is 3.04. The molecule has 0 unspecified atom stereocenters. The Balaban J connectivity index is 1.56. The maximum atomic E-state index is 13.9. The molecule has 0 fully saturated rings. The molecule has 0 bridgehead atoms. The minimum absolute atomic E-state index is 0.0366. The van der Waals surface area contributed by atoms with Crippen LogP contribution in [0.5, 0.6) is 0 Å². The van der Waals surface area contributed by atoms with Gasteiger partial charge in [-0.3, -0.25) is 0 Å². The summed E-state index contributed by atoms with van der Waals surface area (Å²) in [4.78, 5) is 12.4. The van der Waals surface area contributed by atoms with Gasteiger partial charge in [0.15, 0.2) is 5.82 Å². The summed E-state index contributed by atoms with van der Waals surface area (Å²) < 4.78 is 13.9. The first-order valence-corrected chi connectivity index (χ1v) is 10.3. The molecule has 3 aromatic heterocycles. The Morgan fingerprint density at radius 3 is 2.75 bits per heavy atom. The second-order valence-electron chi connectivity index (χ2n) is 6.27. The van der Waals surface area contributed by atoms with Crippen molar-refractivity contribution in [1.29, 1.82) is 0 Å². The van der Waals surface area contributed by atoms with Crippen LogP contribution >= 0.6 is 22.7 Å². The van der Waals surface area contributed by atoms with Crippen molar-refractivity contribution >= 4 is 38.7 Å². The number of hydrogen-bond donors (Lipinski definition) is 1. The minimum atomic E-state index is -0.209. The molecule has 0 aliphatic rings. The van der Waals surface area contributed by atoms with Gasteiger partial charge >= 0.3 is 0 Å². The molecular formula is C20H17FN4OS2. The van der Waals surface area contributed by atoms with E-state index in [4.69, 9.17) is 0 Å². The highest BCUT2D eigenvalue weighted by atomic mass is 32.1. The number of benzene rings is 1. The molecule has 0 atom stereocenters. The highest BCUT2D eigenvalue weighted by Crippen LogP contribution is 2.32. The summed E-state index contributed by atoms with van der Waals surface area (Å²) in [5.74, 6) is 0.303. The minimum Gasteiger partial charge on any atom is -0.391 e. The number of aliphatic hydroxyl groups is 1. The molecule has 3 heterocycles. The SMILES string of the molecule is Cc1cc(CO)sc1CN=Nc1ncnc2sc(Cc3ccccc3F)cc12. The molecule has 0 radical (unpaired) electrons. The van der Waals surface area contributed by atoms with Crippen LogP contribution in [0, 0.1) is 12.7 Å². The van der Waals surface area contributed by atoms with Gasteiger partial charge in [0.1, 0.15) is 17.0 Å². The number of hydrogen-bond acceptors (Lipinski definition) is 7. The van der Waals surface area contributed by atoms with Gasteiger partial charge in [0.05, 0.1) is 18.5 Å². The molecule has 1 N–H and O–H groups in total. The fourth-order valence-corrected chi connectivity index (χ4v) is 4.85. The Kier molecular flexibility index (Phi) is 5.52. The van der Waals surface area contributed by atoms with Gasteiger partial charge in [-0.2, -0.15) is 5.11 Å². The number of thiophene rings is 2. The molecule has 4 rings (SSSR count). The standard InChI is InChI=1S/C20H17FN4OS2/c1-12-6-15(10-26)27-18(12)9-24-25-19-16-8-14(28-20(16)23-11-22-19)7-13-4-2-3-5-17(13)21/h2-6,8,11,26H,7,9-10H2,1H3. The summed E-state index contributed by atoms with van der Waals surface area (Å²) in [6.07, 6.45) is 1.98. The van der Waals surface area contributed by atoms with Crippen molar-refractivity contribution in [3.05, 3.63) is 74.3 Å². The van der Waals surface area contributed by atoms with Crippen LogP contribution in [-0.4, -0.2) is 15.1 Å². The van der Waals surface area contributed by atoms with E-state index in [1.54, 1.807) is 12.1 Å². The van der Waals surface area contributed by atoms with Crippen molar-refractivity contribution in [3.63, 3.8) is 0 Å². The van der Waals surface area contributed by atoms with Crippen LogP contribution in [0.15, 0.2) is 53.0 Å². The van der Waals surface area contributed by atoms with Gasteiger partial charge < -0.3 is 5.11 Å². The Bertz CT molecular complexity index is 1150. The Morgan fingerprint density at radius 1 is 1.11 bits per heavy atom. The molecule has 8 heteroatoms. The van der Waals surface area contributed by atoms with Gasteiger partial charge in [0.2, 0.25) is 0 Å². The molecule has 0 saturated heterocycles. The van der Waals surface area contributed by atoms with Crippen molar-refractivity contribution < 1.29 is 9.50 Å². The molecule has 142 valence electrons. The van der Waals surface area contributed by atoms with Gasteiger partial charge in [0, 0.05) is 21.1 Å². The van der Waals surface area contributed by atoms with E-state index in [0.717, 1.165) is 30.4 Å². The van der Waals surface area contributed by atoms with E-state index in [-0.39, 0.29) is 12.4 Å². The van der Waals surface area contributed by atoms with Crippen molar-refractivity contribution in [2.24, 2.45) is 10.2 Å². The number of aromatic nitrogens is 2. The zero-order chi connectivity index (χ0) is 19.5. The largest absolute Gasteiger partial charge is 0.391 e. The van der Waals surface area contributed by atoms with Crippen LogP contribution in [0.3, 0.4) is 0 Å². The molecule has 5 nitrogen and oxygen atoms in total. The topological polar surface area (TPSA) is 70.7 Å². The second kappa shape index (κ2) is 8.22. The Hall–Kier alpha value is -2.55. The molecule has 1 aromatic carbocycles. The number of nitrogens with zero attached hydrogens (tertiary/aromatic N) is 4. The summed E-state index contributed by atoms with van der Waals surface area (Å²) in [6.45, 7) is 2.47. The Morgan fingerprint density at radius 2 is 1.96 bits per heavy atom. The predicted molar refractivity (Wildman–Crippen MR) is 110 cm³/mol. The average Bonchev–Trinajstić information content (AvgIpc) is 3.27. The van der Waals surface area contributed by atoms with Crippen LogP contribution in [0.1, 0.15) is 25.8 Å². The summed E-state index contributed by atoms with van der Waals surface area (Å²) in [7, 11) is 0. The number of fused-ring (bicyclic) bond motifs is 1. The third kappa shape index (κ3) is 3.99. The van der Waals surface area contributed by atoms with E-state index in [2.05, 4.69) is 20.2 Å². The molecular weight excluding hydrogens is 395 g/mol. The maximum absolute atomic E-state index is 13.9. The normalized spacial score (nSPS) is 11.7. The molecule has 0 aliphatic heterocycles. The first kappa shape index (κ1) is 18.8. The van der Waals surface area contributed by atoms with Crippen LogP contribution in [0.25, 0.3) is 10.2 Å². The predicted octanol–water partition coefficient (Wildman–Crippen LogP) is 5.57. The molecule has 4 aromatic rings. The van der Waals surface area contributed by atoms with Crippen LogP contribution in [-0.2, 0) is 19.6 Å². The first-order chi connectivity index (χ1) is 13.6. The molecule has 28 heavy (non-hydrogen) atoms. The van der Waals surface area contributed by atoms with Crippen molar-refractivity contribution in [2.45, 2.75) is 26.5 Å². The molecule has 0 aliphatic carbocycles. The van der Waals surface area contributed by atoms with Crippen molar-refractivity contribution in [1.82, 2.24) is 9.97 Å². The quantitative estimate of drug-likeness (QED) is 0.421. The van der Waals surface area contributed by atoms with Crippen LogP contribution in [0.2, 0.25) is 0 Å². The van der Waals surface area contributed by atoms with E-state index >= 15 is 0 Å². The number of aliphatic hydroxyl groups excluding tert-OH is 1. The second-order valence-corrected chi connectivity index (χ2v) is 8.61. The van der Waals surface area contributed by atoms with Crippen LogP contribution in [0.4, 0.5) is 10.2 Å². The summed E-state index contributed by atoms with van der Waals surface area (Å²) in [6, 6.07) is 10.7. The number of aryl methyl sites for hydroxylation is 1. The molecule has 0 saturated carbocycles. The lowest BCUT2D eigenvalue weighted by Crippen LogP contribution is -1.88. The van der Waals surface area contributed by atoms with E-state index < -0.39 is 0 Å². The van der Waals surface area contributed by atoms with E-state index in [9.17, 15) is 9.50 Å². The highest BCUT2D eigenvalue weighted by Gasteiger charge is 2.11. The third-order valence-electron chi connectivity index (χ3n) is 4.29. The summed E-state index contributed by atoms with van der Waals surface area (Å²) in [5.41, 5.74) is 1.75. The zero-order valence-electron chi connectivity index (χ0n) is 15.1. The van der Waals surface area contributed by atoms with Crippen molar-refractivity contribution in [2.75, 3.05) is 0 Å². The zero-order valence-corrected chi connectivity index (χ0v) is 16.7. The average molecular weight is 413 g/mol. The third-order valence-corrected chi connectivity index (χ3v) is 6.54. The maximum Gasteiger partial charge on any atom is 0.185 e. The summed E-state index contributed by atoms with van der Waals surface area (Å²) in [5, 5.41) is 18.6. The molecule has 0 amide bonds. The van der Waals surface area contributed by atoms with Gasteiger partial charge in [-0.1, -0.05) is 18.2 Å². The number of rotatable bonds is 6. The fraction of sp³-hybridized carbons (Fsp3) is 0.200. The molecule has 0 spiro atoms. The first-order valence-electron chi connectivity index (χ1n) is 8.67. The van der Waals surface area contributed by atoms with Crippen molar-refractivity contribution in [3.8, 4) is 0 Å². The van der Waals surface area contributed by atoms with Gasteiger partial charge in [-0.15, -0.1) is 27.8 Å². The van der Waals surface area contributed by atoms with Gasteiger partial charge in [-0.05, 0) is 36.2 Å². The van der Waals surface area contributed by atoms with Gasteiger partial charge in [0.25, 0.3) is 0 Å². The highest BCUT2D eigenvalue weighted by molar-refractivity contribution is 7.18. The number of azo groups is 1. The lowest BCUT2D eigenvalue weighted by atomic mass is 10.1.